The number of hydrogen-bond donors (Lipinski definition) is 1. The van der Waals surface area contributed by atoms with E-state index in [1.807, 2.05) is 0 Å². The maximum atomic E-state index is 13.3. The van der Waals surface area contributed by atoms with Crippen LogP contribution in [0.2, 0.25) is 0 Å². The Bertz CT molecular complexity index is 477. The van der Waals surface area contributed by atoms with E-state index in [0.29, 0.717) is 0 Å². The van der Waals surface area contributed by atoms with E-state index in [1.165, 1.54) is 4.90 Å². The van der Waals surface area contributed by atoms with Gasteiger partial charge in [0.2, 0.25) is 5.91 Å². The van der Waals surface area contributed by atoms with E-state index in [0.717, 1.165) is 0 Å². The quantitative estimate of drug-likeness (QED) is 0.740. The fourth-order valence-corrected chi connectivity index (χ4v) is 3.32. The Balaban J connectivity index is 2.06. The number of alkyl halides is 3. The second kappa shape index (κ2) is 5.87. The molecule has 5 nitrogen and oxygen atoms in total. The summed E-state index contributed by atoms with van der Waals surface area (Å²) < 4.78 is 45.3. The standard InChI is InChI=1S/C15H23F3N2O3/c1-13(2,3)23-12(22)20-6-4-14(5-7-20)9-19-11(21)8-10(14)15(16,17)18/h10H,4-9H2,1-3H3,(H,19,21). The number of likely N-dealkylation sites (tertiary alicyclic amines) is 1. The fraction of sp³-hybridized carbons (Fsp3) is 0.867. The summed E-state index contributed by atoms with van der Waals surface area (Å²) in [5.41, 5.74) is -1.66. The largest absolute Gasteiger partial charge is 0.444 e. The highest BCUT2D eigenvalue weighted by molar-refractivity contribution is 5.77. The molecule has 132 valence electrons. The van der Waals surface area contributed by atoms with Crippen molar-refractivity contribution in [3.63, 3.8) is 0 Å². The van der Waals surface area contributed by atoms with Crippen LogP contribution in [-0.4, -0.2) is 48.3 Å². The third-order valence-corrected chi connectivity index (χ3v) is 4.57. The Morgan fingerprint density at radius 1 is 1.26 bits per heavy atom. The lowest BCUT2D eigenvalue weighted by Gasteiger charge is -2.49. The Morgan fingerprint density at radius 3 is 2.30 bits per heavy atom. The molecule has 8 heteroatoms. The van der Waals surface area contributed by atoms with Crippen LogP contribution >= 0.6 is 0 Å². The van der Waals surface area contributed by atoms with Crippen molar-refractivity contribution >= 4 is 12.0 Å². The lowest BCUT2D eigenvalue weighted by atomic mass is 9.65. The Morgan fingerprint density at radius 2 is 1.83 bits per heavy atom. The molecule has 0 saturated carbocycles. The molecule has 0 aromatic rings. The van der Waals surface area contributed by atoms with Gasteiger partial charge in [-0.2, -0.15) is 13.2 Å². The number of hydrogen-bond acceptors (Lipinski definition) is 3. The Kier molecular flexibility index (Phi) is 4.56. The molecule has 2 amide bonds. The number of ether oxygens (including phenoxy) is 1. The molecule has 0 radical (unpaired) electrons. The van der Waals surface area contributed by atoms with Crippen molar-refractivity contribution in [1.29, 1.82) is 0 Å². The van der Waals surface area contributed by atoms with E-state index < -0.39 is 41.5 Å². The van der Waals surface area contributed by atoms with Gasteiger partial charge in [0.25, 0.3) is 0 Å². The average molecular weight is 336 g/mol. The number of amides is 2. The van der Waals surface area contributed by atoms with Gasteiger partial charge in [-0.25, -0.2) is 4.79 Å². The van der Waals surface area contributed by atoms with Crippen LogP contribution in [0.5, 0.6) is 0 Å². The molecule has 1 unspecified atom stereocenters. The molecule has 2 fully saturated rings. The summed E-state index contributed by atoms with van der Waals surface area (Å²) in [6.07, 6.45) is -5.04. The van der Waals surface area contributed by atoms with Crippen LogP contribution in [-0.2, 0) is 9.53 Å². The predicted octanol–water partition coefficient (Wildman–Crippen LogP) is 2.70. The first-order valence-electron chi connectivity index (χ1n) is 7.74. The summed E-state index contributed by atoms with van der Waals surface area (Å²) >= 11 is 0. The van der Waals surface area contributed by atoms with Gasteiger partial charge in [-0.3, -0.25) is 4.79 Å². The first-order valence-corrected chi connectivity index (χ1v) is 7.74. The number of nitrogens with one attached hydrogen (secondary N) is 1. The summed E-state index contributed by atoms with van der Waals surface area (Å²) in [4.78, 5) is 24.9. The maximum absolute atomic E-state index is 13.3. The van der Waals surface area contributed by atoms with Gasteiger partial charge >= 0.3 is 12.3 Å². The number of carbonyl (C=O) groups is 2. The van der Waals surface area contributed by atoms with Crippen molar-refractivity contribution in [2.75, 3.05) is 19.6 Å². The first kappa shape index (κ1) is 17.9. The van der Waals surface area contributed by atoms with Gasteiger partial charge in [0.1, 0.15) is 5.60 Å². The summed E-state index contributed by atoms with van der Waals surface area (Å²) in [5.74, 6) is -2.21. The molecule has 2 heterocycles. The van der Waals surface area contributed by atoms with Gasteiger partial charge in [0, 0.05) is 31.5 Å². The number of nitrogens with zero attached hydrogens (tertiary/aromatic N) is 1. The topological polar surface area (TPSA) is 58.6 Å². The van der Waals surface area contributed by atoms with E-state index in [2.05, 4.69) is 5.32 Å². The number of carbonyl (C=O) groups excluding carboxylic acids is 2. The number of rotatable bonds is 0. The molecule has 23 heavy (non-hydrogen) atoms. The molecule has 0 aliphatic carbocycles. The van der Waals surface area contributed by atoms with E-state index in [9.17, 15) is 22.8 Å². The molecule has 1 N–H and O–H groups in total. The predicted molar refractivity (Wildman–Crippen MR) is 76.6 cm³/mol. The van der Waals surface area contributed by atoms with Gasteiger partial charge in [0.05, 0.1) is 5.92 Å². The minimum Gasteiger partial charge on any atom is -0.444 e. The fourth-order valence-electron chi connectivity index (χ4n) is 3.32. The molecular weight excluding hydrogens is 313 g/mol. The molecule has 2 aliphatic rings. The van der Waals surface area contributed by atoms with Crippen molar-refractivity contribution in [3.8, 4) is 0 Å². The number of piperidine rings is 2. The van der Waals surface area contributed by atoms with E-state index in [-0.39, 0.29) is 32.5 Å². The molecule has 1 spiro atoms. The van der Waals surface area contributed by atoms with Crippen molar-refractivity contribution in [2.45, 2.75) is 51.8 Å². The second-order valence-electron chi connectivity index (χ2n) is 7.40. The lowest BCUT2D eigenvalue weighted by Crippen LogP contribution is -2.58. The van der Waals surface area contributed by atoms with Gasteiger partial charge in [-0.1, -0.05) is 0 Å². The van der Waals surface area contributed by atoms with Gasteiger partial charge < -0.3 is 15.0 Å². The monoisotopic (exact) mass is 336 g/mol. The van der Waals surface area contributed by atoms with Crippen LogP contribution in [0.25, 0.3) is 0 Å². The molecule has 2 rings (SSSR count). The zero-order valence-corrected chi connectivity index (χ0v) is 13.6. The van der Waals surface area contributed by atoms with Crippen LogP contribution in [0.15, 0.2) is 0 Å². The molecule has 0 aromatic carbocycles. The van der Waals surface area contributed by atoms with Crippen molar-refractivity contribution in [2.24, 2.45) is 11.3 Å². The van der Waals surface area contributed by atoms with E-state index >= 15 is 0 Å². The van der Waals surface area contributed by atoms with Crippen LogP contribution in [0.1, 0.15) is 40.0 Å². The van der Waals surface area contributed by atoms with Crippen molar-refractivity contribution < 1.29 is 27.5 Å². The molecule has 1 atom stereocenters. The van der Waals surface area contributed by atoms with Gasteiger partial charge in [0.15, 0.2) is 0 Å². The maximum Gasteiger partial charge on any atom is 0.410 e. The van der Waals surface area contributed by atoms with E-state index in [1.54, 1.807) is 20.8 Å². The molecule has 0 aromatic heterocycles. The molecule has 2 saturated heterocycles. The van der Waals surface area contributed by atoms with Gasteiger partial charge in [-0.05, 0) is 33.6 Å². The van der Waals surface area contributed by atoms with Crippen LogP contribution in [0.4, 0.5) is 18.0 Å². The third kappa shape index (κ3) is 4.09. The zero-order chi connectivity index (χ0) is 17.5. The molecular formula is C15H23F3N2O3. The summed E-state index contributed by atoms with van der Waals surface area (Å²) in [5, 5.41) is 2.55. The second-order valence-corrected chi connectivity index (χ2v) is 7.40. The SMILES string of the molecule is CC(C)(C)OC(=O)N1CCC2(CC1)CNC(=O)CC2C(F)(F)F. The Labute approximate surface area is 133 Å². The summed E-state index contributed by atoms with van der Waals surface area (Å²) in [6.45, 7) is 5.65. The van der Waals surface area contributed by atoms with Gasteiger partial charge in [-0.15, -0.1) is 0 Å². The highest BCUT2D eigenvalue weighted by Crippen LogP contribution is 2.49. The third-order valence-electron chi connectivity index (χ3n) is 4.57. The smallest absolute Gasteiger partial charge is 0.410 e. The Hall–Kier alpha value is -1.47. The average Bonchev–Trinajstić information content (AvgIpc) is 2.39. The minimum atomic E-state index is -4.41. The molecule has 2 aliphatic heterocycles. The highest BCUT2D eigenvalue weighted by Gasteiger charge is 2.57. The zero-order valence-electron chi connectivity index (χ0n) is 13.6. The van der Waals surface area contributed by atoms with E-state index in [4.69, 9.17) is 4.74 Å². The highest BCUT2D eigenvalue weighted by atomic mass is 19.4. The van der Waals surface area contributed by atoms with Crippen LogP contribution in [0.3, 0.4) is 0 Å². The van der Waals surface area contributed by atoms with Crippen molar-refractivity contribution in [3.05, 3.63) is 0 Å². The number of halogens is 3. The summed E-state index contributed by atoms with van der Waals surface area (Å²) in [6, 6.07) is 0. The normalized spacial score (nSPS) is 25.2. The van der Waals surface area contributed by atoms with Crippen molar-refractivity contribution in [1.82, 2.24) is 10.2 Å². The molecule has 0 bridgehead atoms. The summed E-state index contributed by atoms with van der Waals surface area (Å²) in [7, 11) is 0. The first-order chi connectivity index (χ1) is 10.4. The lowest BCUT2D eigenvalue weighted by molar-refractivity contribution is -0.221. The van der Waals surface area contributed by atoms with Crippen LogP contribution < -0.4 is 5.32 Å². The van der Waals surface area contributed by atoms with Crippen LogP contribution in [0, 0.1) is 11.3 Å². The minimum absolute atomic E-state index is 0.0121.